The topological polar surface area (TPSA) is 57.6 Å². The summed E-state index contributed by atoms with van der Waals surface area (Å²) in [6.45, 7) is 3.54. The molecular weight excluding hydrogens is 402 g/mol. The second kappa shape index (κ2) is 9.51. The first-order chi connectivity index (χ1) is 14.1. The summed E-state index contributed by atoms with van der Waals surface area (Å²) >= 11 is 0. The summed E-state index contributed by atoms with van der Waals surface area (Å²) in [5.74, 6) is -0.480. The summed E-state index contributed by atoms with van der Waals surface area (Å²) in [6.07, 6.45) is -3.28. The van der Waals surface area contributed by atoms with Gasteiger partial charge in [0, 0.05) is 19.0 Å². The Kier molecular flexibility index (Phi) is 7.31. The van der Waals surface area contributed by atoms with E-state index in [-0.39, 0.29) is 29.4 Å². The summed E-state index contributed by atoms with van der Waals surface area (Å²) in [5.41, 5.74) is -0.192. The molecule has 0 spiro atoms. The van der Waals surface area contributed by atoms with Crippen LogP contribution in [0.4, 0.5) is 28.9 Å². The number of anilines is 2. The lowest BCUT2D eigenvalue weighted by Gasteiger charge is -2.33. The molecule has 0 saturated carbocycles. The first kappa shape index (κ1) is 23.1. The van der Waals surface area contributed by atoms with Crippen LogP contribution in [0, 0.1) is 11.2 Å². The predicted molar refractivity (Wildman–Crippen MR) is 109 cm³/mol. The molecule has 9 heteroatoms. The zero-order chi connectivity index (χ0) is 22.5. The van der Waals surface area contributed by atoms with E-state index < -0.39 is 23.6 Å². The lowest BCUT2D eigenvalue weighted by atomic mass is 9.98. The highest BCUT2D eigenvalue weighted by atomic mass is 19.4. The van der Waals surface area contributed by atoms with Crippen molar-refractivity contribution in [1.29, 1.82) is 5.41 Å². The van der Waals surface area contributed by atoms with E-state index in [0.29, 0.717) is 5.56 Å². The van der Waals surface area contributed by atoms with Crippen LogP contribution in [0.3, 0.4) is 0 Å². The number of hydrogen-bond acceptors (Lipinski definition) is 5. The Morgan fingerprint density at radius 2 is 1.97 bits per heavy atom. The van der Waals surface area contributed by atoms with Gasteiger partial charge < -0.3 is 19.7 Å². The van der Waals surface area contributed by atoms with Crippen LogP contribution in [0.2, 0.25) is 0 Å². The standard InChI is InChI=1S/C21H23F4N3O2/c1-5-27-20-14(7-6-8-15(20)22)16(12-19(26)30-4)28(2)17-11-13(21(23,24)25)9-10-18(17)29-3/h5-11,16,26-27H,1,12H2,2-4H3. The number of rotatable bonds is 8. The molecule has 0 aromatic heterocycles. The number of ether oxygens (including phenoxy) is 2. The molecule has 0 aliphatic heterocycles. The molecule has 0 amide bonds. The maximum absolute atomic E-state index is 14.5. The lowest BCUT2D eigenvalue weighted by molar-refractivity contribution is -0.137. The molecule has 30 heavy (non-hydrogen) atoms. The predicted octanol–water partition coefficient (Wildman–Crippen LogP) is 5.60. The number of hydrogen-bond donors (Lipinski definition) is 2. The molecule has 2 aromatic rings. The van der Waals surface area contributed by atoms with E-state index in [1.54, 1.807) is 13.1 Å². The van der Waals surface area contributed by atoms with E-state index in [1.807, 2.05) is 0 Å². The quantitative estimate of drug-likeness (QED) is 0.328. The Morgan fingerprint density at radius 3 is 2.53 bits per heavy atom. The third-order valence-corrected chi connectivity index (χ3v) is 4.63. The summed E-state index contributed by atoms with van der Waals surface area (Å²) in [6, 6.07) is 6.73. The van der Waals surface area contributed by atoms with Crippen molar-refractivity contribution >= 4 is 17.3 Å². The molecule has 1 unspecified atom stereocenters. The Balaban J connectivity index is 2.65. The molecule has 0 bridgehead atoms. The molecule has 2 aromatic carbocycles. The zero-order valence-corrected chi connectivity index (χ0v) is 16.8. The Labute approximate surface area is 172 Å². The van der Waals surface area contributed by atoms with E-state index in [9.17, 15) is 17.6 Å². The fourth-order valence-corrected chi connectivity index (χ4v) is 3.10. The fourth-order valence-electron chi connectivity index (χ4n) is 3.10. The monoisotopic (exact) mass is 425 g/mol. The Bertz CT molecular complexity index is 916. The normalized spacial score (nSPS) is 12.1. The van der Waals surface area contributed by atoms with Gasteiger partial charge in [0.25, 0.3) is 0 Å². The first-order valence-corrected chi connectivity index (χ1v) is 8.89. The van der Waals surface area contributed by atoms with Crippen LogP contribution in [0.5, 0.6) is 5.75 Å². The smallest absolute Gasteiger partial charge is 0.416 e. The van der Waals surface area contributed by atoms with Crippen LogP contribution in [0.1, 0.15) is 23.6 Å². The van der Waals surface area contributed by atoms with Gasteiger partial charge in [0.1, 0.15) is 11.6 Å². The molecule has 5 nitrogen and oxygen atoms in total. The molecule has 2 N–H and O–H groups in total. The number of methoxy groups -OCH3 is 2. The van der Waals surface area contributed by atoms with Crippen molar-refractivity contribution in [3.63, 3.8) is 0 Å². The molecule has 0 heterocycles. The second-order valence-corrected chi connectivity index (χ2v) is 6.40. The average molecular weight is 425 g/mol. The fraction of sp³-hybridized carbons (Fsp3) is 0.286. The van der Waals surface area contributed by atoms with Gasteiger partial charge in [-0.25, -0.2) is 4.39 Å². The minimum absolute atomic E-state index is 0.0261. The van der Waals surface area contributed by atoms with E-state index >= 15 is 0 Å². The van der Waals surface area contributed by atoms with Crippen LogP contribution < -0.4 is 15.0 Å². The minimum atomic E-state index is -4.55. The van der Waals surface area contributed by atoms with Crippen molar-refractivity contribution in [3.8, 4) is 5.75 Å². The Morgan fingerprint density at radius 1 is 1.27 bits per heavy atom. The largest absolute Gasteiger partial charge is 0.495 e. The number of halogens is 4. The summed E-state index contributed by atoms with van der Waals surface area (Å²) < 4.78 is 64.5. The van der Waals surface area contributed by atoms with Crippen LogP contribution in [-0.2, 0) is 10.9 Å². The minimum Gasteiger partial charge on any atom is -0.495 e. The maximum atomic E-state index is 14.5. The van der Waals surface area contributed by atoms with Crippen LogP contribution in [0.15, 0.2) is 49.2 Å². The van der Waals surface area contributed by atoms with Crippen molar-refractivity contribution in [3.05, 3.63) is 66.1 Å². The molecule has 0 fully saturated rings. The summed E-state index contributed by atoms with van der Waals surface area (Å²) in [7, 11) is 4.21. The second-order valence-electron chi connectivity index (χ2n) is 6.40. The summed E-state index contributed by atoms with van der Waals surface area (Å²) in [4.78, 5) is 1.50. The highest BCUT2D eigenvalue weighted by Gasteiger charge is 2.33. The zero-order valence-electron chi connectivity index (χ0n) is 16.8. The maximum Gasteiger partial charge on any atom is 0.416 e. The number of nitrogens with zero attached hydrogens (tertiary/aromatic N) is 1. The van der Waals surface area contributed by atoms with Gasteiger partial charge in [-0.15, -0.1) is 0 Å². The average Bonchev–Trinajstić information content (AvgIpc) is 2.71. The molecule has 0 radical (unpaired) electrons. The van der Waals surface area contributed by atoms with Gasteiger partial charge in [0.2, 0.25) is 0 Å². The highest BCUT2D eigenvalue weighted by molar-refractivity contribution is 5.76. The van der Waals surface area contributed by atoms with Gasteiger partial charge in [-0.2, -0.15) is 13.2 Å². The van der Waals surface area contributed by atoms with Gasteiger partial charge in [0.05, 0.1) is 37.2 Å². The molecular formula is C21H23F4N3O2. The molecule has 1 atom stereocenters. The van der Waals surface area contributed by atoms with Gasteiger partial charge in [-0.3, -0.25) is 5.41 Å². The lowest BCUT2D eigenvalue weighted by Crippen LogP contribution is -2.28. The van der Waals surface area contributed by atoms with Crippen LogP contribution in [0.25, 0.3) is 0 Å². The molecule has 2 rings (SSSR count). The first-order valence-electron chi connectivity index (χ1n) is 8.89. The van der Waals surface area contributed by atoms with Crippen molar-refractivity contribution in [2.24, 2.45) is 0 Å². The van der Waals surface area contributed by atoms with E-state index in [1.165, 1.54) is 43.5 Å². The van der Waals surface area contributed by atoms with E-state index in [2.05, 4.69) is 11.9 Å². The number of nitrogens with one attached hydrogen (secondary N) is 2. The summed E-state index contributed by atoms with van der Waals surface area (Å²) in [5, 5.41) is 10.7. The van der Waals surface area contributed by atoms with Crippen molar-refractivity contribution < 1.29 is 27.0 Å². The van der Waals surface area contributed by atoms with Crippen molar-refractivity contribution in [1.82, 2.24) is 0 Å². The molecule has 0 aliphatic rings. The number of alkyl halides is 3. The van der Waals surface area contributed by atoms with Crippen LogP contribution in [-0.4, -0.2) is 27.2 Å². The SMILES string of the molecule is C=CNc1c(F)cccc1C(CC(=N)OC)N(C)c1cc(C(F)(F)F)ccc1OC. The van der Waals surface area contributed by atoms with Gasteiger partial charge >= 0.3 is 6.18 Å². The third kappa shape index (κ3) is 5.03. The molecule has 162 valence electrons. The van der Waals surface area contributed by atoms with Gasteiger partial charge in [-0.1, -0.05) is 18.7 Å². The van der Waals surface area contributed by atoms with Crippen LogP contribution >= 0.6 is 0 Å². The van der Waals surface area contributed by atoms with Crippen molar-refractivity contribution in [2.45, 2.75) is 18.6 Å². The number of benzene rings is 2. The molecule has 0 aliphatic carbocycles. The highest BCUT2D eigenvalue weighted by Crippen LogP contribution is 2.41. The van der Waals surface area contributed by atoms with Crippen molar-refractivity contribution in [2.75, 3.05) is 31.5 Å². The van der Waals surface area contributed by atoms with E-state index in [4.69, 9.17) is 14.9 Å². The van der Waals surface area contributed by atoms with Gasteiger partial charge in [-0.05, 0) is 30.5 Å². The molecule has 0 saturated heterocycles. The Hall–Kier alpha value is -3.23. The number of para-hydroxylation sites is 1. The van der Waals surface area contributed by atoms with Gasteiger partial charge in [0.15, 0.2) is 5.90 Å². The third-order valence-electron chi connectivity index (χ3n) is 4.63. The van der Waals surface area contributed by atoms with E-state index in [0.717, 1.165) is 12.1 Å².